The fraction of sp³-hybridized carbons (Fsp3) is 0.176. The van der Waals surface area contributed by atoms with E-state index in [9.17, 15) is 28.1 Å². The van der Waals surface area contributed by atoms with Crippen molar-refractivity contribution in [3.63, 3.8) is 0 Å². The molecule has 0 bridgehead atoms. The van der Waals surface area contributed by atoms with Crippen LogP contribution in [0.5, 0.6) is 5.75 Å². The zero-order valence-electron chi connectivity index (χ0n) is 15.7. The van der Waals surface area contributed by atoms with Crippen molar-refractivity contribution in [2.45, 2.75) is 18.2 Å². The second kappa shape index (κ2) is 9.19. The third kappa shape index (κ3) is 5.65. The van der Waals surface area contributed by atoms with E-state index >= 15 is 0 Å². The predicted octanol–water partition coefficient (Wildman–Crippen LogP) is 3.18. The summed E-state index contributed by atoms with van der Waals surface area (Å²) in [4.78, 5) is 32.8. The van der Waals surface area contributed by atoms with E-state index in [1.807, 2.05) is 0 Å². The van der Waals surface area contributed by atoms with E-state index in [1.165, 1.54) is 32.2 Å². The number of rotatable bonds is 8. The van der Waals surface area contributed by atoms with Gasteiger partial charge in [0, 0.05) is 6.07 Å². The van der Waals surface area contributed by atoms with Crippen LogP contribution in [0.25, 0.3) is 0 Å². The van der Waals surface area contributed by atoms with Gasteiger partial charge in [-0.05, 0) is 31.2 Å². The van der Waals surface area contributed by atoms with Gasteiger partial charge in [0.05, 0.1) is 18.5 Å². The molecule has 158 valence electrons. The number of azo groups is 1. The molecule has 0 fully saturated rings. The fourth-order valence-electron chi connectivity index (χ4n) is 2.31. The molecule has 30 heavy (non-hydrogen) atoms. The number of carbonyl (C=O) groups excluding carboxylic acids is 2. The minimum atomic E-state index is -4.65. The van der Waals surface area contributed by atoms with E-state index in [2.05, 4.69) is 15.5 Å². The molecule has 13 heteroatoms. The molecule has 0 aliphatic rings. The molecule has 0 radical (unpaired) electrons. The largest absolute Gasteiger partial charge is 0.494 e. The molecule has 2 N–H and O–H groups in total. The number of Topliss-reactive ketones (excluding diaryl/α,β-unsaturated/α-hetero) is 1. The average Bonchev–Trinajstić information content (AvgIpc) is 2.65. The number of nitrogens with one attached hydrogen (secondary N) is 1. The number of methoxy groups -OCH3 is 1. The summed E-state index contributed by atoms with van der Waals surface area (Å²) in [6.07, 6.45) is -0.378. The normalized spacial score (nSPS) is 11.3. The second-order valence-corrected chi connectivity index (χ2v) is 7.29. The number of hydrogen-bond donors (Lipinski definition) is 2. The molecule has 1 amide bonds. The van der Waals surface area contributed by atoms with Crippen molar-refractivity contribution < 1.29 is 32.2 Å². The monoisotopic (exact) mass is 436 g/mol. The Bertz CT molecular complexity index is 1140. The van der Waals surface area contributed by atoms with Crippen LogP contribution in [0.4, 0.5) is 22.7 Å². The van der Waals surface area contributed by atoms with Crippen LogP contribution < -0.4 is 10.1 Å². The zero-order valence-corrected chi connectivity index (χ0v) is 16.5. The van der Waals surface area contributed by atoms with Crippen molar-refractivity contribution in [1.82, 2.24) is 0 Å². The fourth-order valence-corrected chi connectivity index (χ4v) is 2.81. The summed E-state index contributed by atoms with van der Waals surface area (Å²) in [7, 11) is -3.31. The molecule has 0 atom stereocenters. The first-order valence-corrected chi connectivity index (χ1v) is 9.61. The lowest BCUT2D eigenvalue weighted by molar-refractivity contribution is -0.384. The second-order valence-electron chi connectivity index (χ2n) is 5.86. The van der Waals surface area contributed by atoms with Gasteiger partial charge >= 0.3 is 0 Å². The summed E-state index contributed by atoms with van der Waals surface area (Å²) in [5.74, 6) is -0.772. The molecule has 12 nitrogen and oxygen atoms in total. The van der Waals surface area contributed by atoms with Crippen molar-refractivity contribution >= 4 is 44.6 Å². The Kier molecular flexibility index (Phi) is 6.92. The summed E-state index contributed by atoms with van der Waals surface area (Å²) < 4.78 is 36.6. The molecule has 2 aromatic carbocycles. The number of anilines is 1. The van der Waals surface area contributed by atoms with Crippen LogP contribution in [0.15, 0.2) is 51.5 Å². The maximum absolute atomic E-state index is 12.0. The predicted molar refractivity (Wildman–Crippen MR) is 104 cm³/mol. The summed E-state index contributed by atoms with van der Waals surface area (Å²) >= 11 is 0. The quantitative estimate of drug-likeness (QED) is 0.208. The number of nitro benzene ring substituents is 1. The van der Waals surface area contributed by atoms with E-state index in [0.29, 0.717) is 6.07 Å². The Balaban J connectivity index is 2.48. The van der Waals surface area contributed by atoms with Crippen molar-refractivity contribution in [1.29, 1.82) is 0 Å². The van der Waals surface area contributed by atoms with Gasteiger partial charge in [0.1, 0.15) is 27.8 Å². The number of amides is 1. The maximum atomic E-state index is 12.0. The molecule has 0 heterocycles. The minimum Gasteiger partial charge on any atom is -0.494 e. The molecule has 0 aromatic heterocycles. The highest BCUT2D eigenvalue weighted by atomic mass is 32.2. The first-order chi connectivity index (χ1) is 14.0. The van der Waals surface area contributed by atoms with Crippen LogP contribution in [0.3, 0.4) is 0 Å². The van der Waals surface area contributed by atoms with Crippen LogP contribution in [-0.2, 0) is 19.7 Å². The van der Waals surface area contributed by atoms with Gasteiger partial charge in [-0.25, -0.2) is 0 Å². The molecular weight excluding hydrogens is 420 g/mol. The Morgan fingerprint density at radius 3 is 2.43 bits per heavy atom. The van der Waals surface area contributed by atoms with Gasteiger partial charge in [0.2, 0.25) is 5.91 Å². The van der Waals surface area contributed by atoms with E-state index in [4.69, 9.17) is 9.29 Å². The van der Waals surface area contributed by atoms with E-state index < -0.39 is 31.5 Å². The number of nitro groups is 1. The molecule has 0 saturated carbocycles. The van der Waals surface area contributed by atoms with Crippen LogP contribution in [0.2, 0.25) is 0 Å². The SMILES string of the molecule is COc1cccc(N=Nc2ccc(S(=O)(=O)O)cc2[N+](=O)[O-])c1NC(=O)CC(C)=O. The van der Waals surface area contributed by atoms with E-state index in [0.717, 1.165) is 12.1 Å². The summed E-state index contributed by atoms with van der Waals surface area (Å²) in [6.45, 7) is 1.25. The average molecular weight is 436 g/mol. The lowest BCUT2D eigenvalue weighted by Gasteiger charge is -2.11. The number of carbonyl (C=O) groups is 2. The standard InChI is InChI=1S/C17H16N4O8S/c1-10(22)8-16(23)18-17-13(4-3-5-15(17)29-2)20-19-12-7-6-11(30(26,27)28)9-14(12)21(24)25/h3-7,9H,8H2,1-2H3,(H,18,23)(H,26,27,28). The summed E-state index contributed by atoms with van der Waals surface area (Å²) in [5, 5.41) is 21.4. The van der Waals surface area contributed by atoms with Crippen LogP contribution in [0.1, 0.15) is 13.3 Å². The van der Waals surface area contributed by atoms with Crippen molar-refractivity contribution in [3.05, 3.63) is 46.5 Å². The highest BCUT2D eigenvalue weighted by Crippen LogP contribution is 2.37. The lowest BCUT2D eigenvalue weighted by atomic mass is 10.2. The topological polar surface area (TPSA) is 178 Å². The first-order valence-electron chi connectivity index (χ1n) is 8.17. The van der Waals surface area contributed by atoms with Crippen molar-refractivity contribution in [2.75, 3.05) is 12.4 Å². The summed E-state index contributed by atoms with van der Waals surface area (Å²) in [5.41, 5.74) is -0.846. The third-order valence-corrected chi connectivity index (χ3v) is 4.45. The van der Waals surface area contributed by atoms with E-state index in [-0.39, 0.29) is 35.0 Å². The molecule has 0 aliphatic carbocycles. The maximum Gasteiger partial charge on any atom is 0.298 e. The van der Waals surface area contributed by atoms with Gasteiger partial charge in [0.25, 0.3) is 15.8 Å². The number of hydrogen-bond acceptors (Lipinski definition) is 9. The molecular formula is C17H16N4O8S. The molecule has 0 spiro atoms. The summed E-state index contributed by atoms with van der Waals surface area (Å²) in [6, 6.07) is 7.06. The Morgan fingerprint density at radius 2 is 1.87 bits per heavy atom. The van der Waals surface area contributed by atoms with Crippen LogP contribution >= 0.6 is 0 Å². The molecule has 2 rings (SSSR count). The van der Waals surface area contributed by atoms with Gasteiger partial charge in [-0.3, -0.25) is 24.3 Å². The number of para-hydroxylation sites is 1. The van der Waals surface area contributed by atoms with Gasteiger partial charge < -0.3 is 10.1 Å². The Labute approximate surface area is 170 Å². The highest BCUT2D eigenvalue weighted by Gasteiger charge is 2.20. The van der Waals surface area contributed by atoms with Crippen molar-refractivity contribution in [2.24, 2.45) is 10.2 Å². The molecule has 2 aromatic rings. The van der Waals surface area contributed by atoms with Crippen molar-refractivity contribution in [3.8, 4) is 5.75 Å². The Hall–Kier alpha value is -3.71. The first kappa shape index (κ1) is 22.6. The number of benzene rings is 2. The molecule has 0 aliphatic heterocycles. The van der Waals surface area contributed by atoms with Crippen LogP contribution in [0, 0.1) is 10.1 Å². The lowest BCUT2D eigenvalue weighted by Crippen LogP contribution is -2.15. The highest BCUT2D eigenvalue weighted by molar-refractivity contribution is 7.85. The zero-order chi connectivity index (χ0) is 22.5. The van der Waals surface area contributed by atoms with Crippen LogP contribution in [-0.4, -0.2) is 36.7 Å². The smallest absolute Gasteiger partial charge is 0.298 e. The number of ketones is 1. The molecule has 0 saturated heterocycles. The number of ether oxygens (including phenoxy) is 1. The van der Waals surface area contributed by atoms with E-state index in [1.54, 1.807) is 0 Å². The van der Waals surface area contributed by atoms with Gasteiger partial charge in [-0.1, -0.05) is 6.07 Å². The third-order valence-electron chi connectivity index (χ3n) is 3.60. The number of nitrogens with zero attached hydrogens (tertiary/aromatic N) is 3. The van der Waals surface area contributed by atoms with Gasteiger partial charge in [-0.15, -0.1) is 10.2 Å². The minimum absolute atomic E-state index is 0.0689. The molecule has 0 unspecified atom stereocenters. The van der Waals surface area contributed by atoms with Gasteiger partial charge in [0.15, 0.2) is 5.69 Å². The Morgan fingerprint density at radius 1 is 1.20 bits per heavy atom. The van der Waals surface area contributed by atoms with Gasteiger partial charge in [-0.2, -0.15) is 8.42 Å².